The van der Waals surface area contributed by atoms with Gasteiger partial charge in [-0.1, -0.05) is 32.0 Å². The molecule has 1 atom stereocenters. The largest absolute Gasteiger partial charge is 0.310 e. The highest BCUT2D eigenvalue weighted by molar-refractivity contribution is 5.34. The van der Waals surface area contributed by atoms with Crippen LogP contribution in [0.2, 0.25) is 0 Å². The van der Waals surface area contributed by atoms with E-state index in [2.05, 4.69) is 37.4 Å². The number of fused-ring (bicyclic) bond motifs is 1. The monoisotopic (exact) mass is 271 g/mol. The predicted molar refractivity (Wildman–Crippen MR) is 85.9 cm³/mol. The number of hydrogen-bond acceptors (Lipinski definition) is 1. The summed E-state index contributed by atoms with van der Waals surface area (Å²) in [5, 5.41) is 3.77. The second-order valence-corrected chi connectivity index (χ2v) is 7.29. The van der Waals surface area contributed by atoms with E-state index in [4.69, 9.17) is 0 Å². The summed E-state index contributed by atoms with van der Waals surface area (Å²) in [5.41, 5.74) is 4.69. The van der Waals surface area contributed by atoms with Crippen LogP contribution >= 0.6 is 0 Å². The van der Waals surface area contributed by atoms with E-state index in [1.54, 1.807) is 11.1 Å². The zero-order chi connectivity index (χ0) is 13.9. The van der Waals surface area contributed by atoms with Crippen LogP contribution in [-0.2, 0) is 19.4 Å². The van der Waals surface area contributed by atoms with E-state index in [0.29, 0.717) is 0 Å². The van der Waals surface area contributed by atoms with Gasteiger partial charge in [-0.2, -0.15) is 0 Å². The highest BCUT2D eigenvalue weighted by Crippen LogP contribution is 2.27. The van der Waals surface area contributed by atoms with Gasteiger partial charge < -0.3 is 5.32 Å². The third-order valence-corrected chi connectivity index (χ3v) is 5.36. The van der Waals surface area contributed by atoms with Crippen molar-refractivity contribution in [1.29, 1.82) is 0 Å². The number of nitrogens with one attached hydrogen (secondary N) is 1. The summed E-state index contributed by atoms with van der Waals surface area (Å²) in [6.45, 7) is 5.82. The Kier molecular flexibility index (Phi) is 4.45. The first kappa shape index (κ1) is 14.1. The van der Waals surface area contributed by atoms with Gasteiger partial charge in [0.25, 0.3) is 0 Å². The van der Waals surface area contributed by atoms with E-state index in [1.807, 2.05) is 0 Å². The lowest BCUT2D eigenvalue weighted by atomic mass is 9.84. The van der Waals surface area contributed by atoms with Crippen molar-refractivity contribution in [2.45, 2.75) is 71.4 Å². The molecule has 20 heavy (non-hydrogen) atoms. The van der Waals surface area contributed by atoms with E-state index in [-0.39, 0.29) is 0 Å². The Morgan fingerprint density at radius 3 is 2.55 bits per heavy atom. The normalized spacial score (nSPS) is 30.0. The van der Waals surface area contributed by atoms with E-state index in [0.717, 1.165) is 24.4 Å². The SMILES string of the molecule is CC1CCC(NCc2ccc3c(c2)CCC(C)C3)CC1. The molecule has 0 spiro atoms. The zero-order valence-corrected chi connectivity index (χ0v) is 13.1. The molecule has 1 fully saturated rings. The molecule has 0 radical (unpaired) electrons. The van der Waals surface area contributed by atoms with E-state index >= 15 is 0 Å². The molecule has 2 aliphatic carbocycles. The summed E-state index contributed by atoms with van der Waals surface area (Å²) < 4.78 is 0. The molecular formula is C19H29N. The van der Waals surface area contributed by atoms with Crippen molar-refractivity contribution in [3.63, 3.8) is 0 Å². The molecule has 1 N–H and O–H groups in total. The van der Waals surface area contributed by atoms with Crippen LogP contribution in [0.3, 0.4) is 0 Å². The molecule has 0 amide bonds. The van der Waals surface area contributed by atoms with Gasteiger partial charge in [-0.15, -0.1) is 0 Å². The summed E-state index contributed by atoms with van der Waals surface area (Å²) in [5.74, 6) is 1.81. The molecule has 1 aromatic rings. The lowest BCUT2D eigenvalue weighted by molar-refractivity contribution is 0.306. The highest BCUT2D eigenvalue weighted by Gasteiger charge is 2.18. The van der Waals surface area contributed by atoms with Gasteiger partial charge in [0.1, 0.15) is 0 Å². The third kappa shape index (κ3) is 3.44. The fourth-order valence-corrected chi connectivity index (χ4v) is 3.83. The van der Waals surface area contributed by atoms with Crippen molar-refractivity contribution in [3.05, 3.63) is 34.9 Å². The highest BCUT2D eigenvalue weighted by atomic mass is 14.9. The Labute approximate surface area is 124 Å². The molecular weight excluding hydrogens is 242 g/mol. The molecule has 1 aromatic carbocycles. The summed E-state index contributed by atoms with van der Waals surface area (Å²) >= 11 is 0. The molecule has 1 unspecified atom stereocenters. The molecule has 1 nitrogen and oxygen atoms in total. The van der Waals surface area contributed by atoms with Crippen molar-refractivity contribution in [2.75, 3.05) is 0 Å². The van der Waals surface area contributed by atoms with Gasteiger partial charge in [0.15, 0.2) is 0 Å². The van der Waals surface area contributed by atoms with Crippen LogP contribution < -0.4 is 5.32 Å². The molecule has 2 aliphatic rings. The van der Waals surface area contributed by atoms with Crippen LogP contribution in [0, 0.1) is 11.8 Å². The van der Waals surface area contributed by atoms with Gasteiger partial charge in [-0.05, 0) is 73.5 Å². The van der Waals surface area contributed by atoms with Gasteiger partial charge in [-0.25, -0.2) is 0 Å². The van der Waals surface area contributed by atoms with Gasteiger partial charge in [0.2, 0.25) is 0 Å². The van der Waals surface area contributed by atoms with E-state index in [1.165, 1.54) is 50.5 Å². The number of rotatable bonds is 3. The fourth-order valence-electron chi connectivity index (χ4n) is 3.83. The Morgan fingerprint density at radius 2 is 1.75 bits per heavy atom. The summed E-state index contributed by atoms with van der Waals surface area (Å²) in [6.07, 6.45) is 9.46. The minimum Gasteiger partial charge on any atom is -0.310 e. The lowest BCUT2D eigenvalue weighted by Gasteiger charge is -2.27. The van der Waals surface area contributed by atoms with E-state index in [9.17, 15) is 0 Å². The molecule has 0 heterocycles. The van der Waals surface area contributed by atoms with Crippen LogP contribution in [0.1, 0.15) is 62.6 Å². The van der Waals surface area contributed by atoms with Crippen molar-refractivity contribution < 1.29 is 0 Å². The first-order valence-corrected chi connectivity index (χ1v) is 8.55. The maximum Gasteiger partial charge on any atom is 0.0208 e. The van der Waals surface area contributed by atoms with E-state index < -0.39 is 0 Å². The molecule has 0 bridgehead atoms. The topological polar surface area (TPSA) is 12.0 Å². The maximum atomic E-state index is 3.77. The molecule has 0 aliphatic heterocycles. The molecule has 1 heteroatoms. The molecule has 0 aromatic heterocycles. The average molecular weight is 271 g/mol. The number of benzene rings is 1. The Balaban J connectivity index is 1.56. The first-order valence-electron chi connectivity index (χ1n) is 8.55. The summed E-state index contributed by atoms with van der Waals surface area (Å²) in [4.78, 5) is 0. The minimum absolute atomic E-state index is 0.752. The van der Waals surface area contributed by atoms with Crippen LogP contribution in [0.4, 0.5) is 0 Å². The maximum absolute atomic E-state index is 3.77. The average Bonchev–Trinajstić information content (AvgIpc) is 2.46. The first-order chi connectivity index (χ1) is 9.70. The molecule has 1 saturated carbocycles. The minimum atomic E-state index is 0.752. The molecule has 0 saturated heterocycles. The van der Waals surface area contributed by atoms with Crippen molar-refractivity contribution in [3.8, 4) is 0 Å². The second-order valence-electron chi connectivity index (χ2n) is 7.29. The van der Waals surface area contributed by atoms with Gasteiger partial charge in [-0.3, -0.25) is 0 Å². The third-order valence-electron chi connectivity index (χ3n) is 5.36. The Bertz CT molecular complexity index is 443. The van der Waals surface area contributed by atoms with Crippen LogP contribution in [0.25, 0.3) is 0 Å². The predicted octanol–water partition coefficient (Wildman–Crippen LogP) is 4.48. The second kappa shape index (κ2) is 6.30. The summed E-state index contributed by atoms with van der Waals surface area (Å²) in [7, 11) is 0. The standard InChI is InChI=1S/C19H29N/c1-14-4-9-19(10-5-14)20-13-16-6-8-17-11-15(2)3-7-18(17)12-16/h6,8,12,14-15,19-20H,3-5,7,9-11,13H2,1-2H3. The van der Waals surface area contributed by atoms with Crippen LogP contribution in [-0.4, -0.2) is 6.04 Å². The van der Waals surface area contributed by atoms with Crippen molar-refractivity contribution >= 4 is 0 Å². The Morgan fingerprint density at radius 1 is 0.950 bits per heavy atom. The molecule has 3 rings (SSSR count). The smallest absolute Gasteiger partial charge is 0.0208 e. The summed E-state index contributed by atoms with van der Waals surface area (Å²) in [6, 6.07) is 7.93. The van der Waals surface area contributed by atoms with Gasteiger partial charge in [0, 0.05) is 12.6 Å². The van der Waals surface area contributed by atoms with Crippen molar-refractivity contribution in [1.82, 2.24) is 5.32 Å². The van der Waals surface area contributed by atoms with Crippen LogP contribution in [0.15, 0.2) is 18.2 Å². The van der Waals surface area contributed by atoms with Gasteiger partial charge in [0.05, 0.1) is 0 Å². The van der Waals surface area contributed by atoms with Gasteiger partial charge >= 0.3 is 0 Å². The quantitative estimate of drug-likeness (QED) is 0.854. The number of aryl methyl sites for hydroxylation is 1. The zero-order valence-electron chi connectivity index (χ0n) is 13.1. The Hall–Kier alpha value is -0.820. The molecule has 110 valence electrons. The van der Waals surface area contributed by atoms with Crippen LogP contribution in [0.5, 0.6) is 0 Å². The van der Waals surface area contributed by atoms with Crippen molar-refractivity contribution in [2.24, 2.45) is 11.8 Å². The number of hydrogen-bond donors (Lipinski definition) is 1. The fraction of sp³-hybridized carbons (Fsp3) is 0.684. The lowest BCUT2D eigenvalue weighted by Crippen LogP contribution is -2.32.